The fourth-order valence-corrected chi connectivity index (χ4v) is 0.458. The Balaban J connectivity index is 3.92. The second kappa shape index (κ2) is 5.26. The molecule has 0 spiro atoms. The first-order valence-electron chi connectivity index (χ1n) is 2.76. The molecule has 0 aliphatic carbocycles. The Kier molecular flexibility index (Phi) is 4.98. The summed E-state index contributed by atoms with van der Waals surface area (Å²) in [6, 6.07) is 0. The summed E-state index contributed by atoms with van der Waals surface area (Å²) in [5.74, 6) is 0. The van der Waals surface area contributed by atoms with Crippen molar-refractivity contribution in [2.24, 2.45) is 0 Å². The lowest BCUT2D eigenvalue weighted by Gasteiger charge is -1.91. The van der Waals surface area contributed by atoms with Crippen molar-refractivity contribution >= 4 is 15.9 Å². The maximum absolute atomic E-state index is 8.12. The molecule has 0 aliphatic rings. The monoisotopic (exact) mass is 203 g/mol. The number of rotatable bonds is 3. The van der Waals surface area contributed by atoms with Gasteiger partial charge in [-0.2, -0.15) is 0 Å². The zero-order chi connectivity index (χ0) is 7.98. The number of hydroxylamine groups is 1. The number of nitrogens with one attached hydrogen (secondary N) is 1. The lowest BCUT2D eigenvalue weighted by atomic mass is 10.3. The molecule has 2 nitrogen and oxygen atoms in total. The third-order valence-electron chi connectivity index (χ3n) is 0.945. The van der Waals surface area contributed by atoms with Crippen LogP contribution in [0, 0.1) is 0 Å². The molecule has 0 radical (unpaired) electrons. The van der Waals surface area contributed by atoms with Crippen molar-refractivity contribution < 1.29 is 5.21 Å². The predicted octanol–water partition coefficient (Wildman–Crippen LogP) is 2.33. The van der Waals surface area contributed by atoms with Gasteiger partial charge < -0.3 is 0 Å². The van der Waals surface area contributed by atoms with E-state index in [0.717, 1.165) is 10.1 Å². The van der Waals surface area contributed by atoms with Gasteiger partial charge in [0.15, 0.2) is 0 Å². The van der Waals surface area contributed by atoms with Crippen molar-refractivity contribution in [3.8, 4) is 0 Å². The molecular formula is C7H10BrNO. The second-order valence-corrected chi connectivity index (χ2v) is 2.70. The van der Waals surface area contributed by atoms with Crippen molar-refractivity contribution in [3.63, 3.8) is 0 Å². The van der Waals surface area contributed by atoms with E-state index in [1.165, 1.54) is 6.20 Å². The molecule has 0 rings (SSSR count). The molecule has 0 bridgehead atoms. The summed E-state index contributed by atoms with van der Waals surface area (Å²) in [5, 5.41) is 8.12. The normalized spacial score (nSPS) is 12.1. The van der Waals surface area contributed by atoms with Gasteiger partial charge in [-0.05, 0) is 18.6 Å². The lowest BCUT2D eigenvalue weighted by molar-refractivity contribution is 0.214. The van der Waals surface area contributed by atoms with Crippen molar-refractivity contribution in [2.45, 2.75) is 6.92 Å². The fourth-order valence-electron chi connectivity index (χ4n) is 0.326. The standard InChI is InChI=1S/C7H10BrNO/c1-6(7(2)8)4-3-5-9-10/h3-5,9-10H,2H2,1H3/b5-3-,6-4-. The Labute approximate surface area is 69.0 Å². The summed E-state index contributed by atoms with van der Waals surface area (Å²) in [6.07, 6.45) is 4.92. The zero-order valence-electron chi connectivity index (χ0n) is 5.76. The van der Waals surface area contributed by atoms with Crippen molar-refractivity contribution in [2.75, 3.05) is 0 Å². The van der Waals surface area contributed by atoms with Crippen LogP contribution in [0.5, 0.6) is 0 Å². The van der Waals surface area contributed by atoms with E-state index in [2.05, 4.69) is 22.5 Å². The van der Waals surface area contributed by atoms with Gasteiger partial charge in [-0.25, -0.2) is 0 Å². The summed E-state index contributed by atoms with van der Waals surface area (Å²) >= 11 is 3.21. The van der Waals surface area contributed by atoms with Crippen LogP contribution in [0.3, 0.4) is 0 Å². The van der Waals surface area contributed by atoms with Crippen LogP contribution in [-0.2, 0) is 0 Å². The minimum atomic E-state index is 0.843. The SMILES string of the molecule is C=C(Br)/C(C)=C\C=C/NO. The minimum Gasteiger partial charge on any atom is -0.292 e. The summed E-state index contributed by atoms with van der Waals surface area (Å²) in [4.78, 5) is 0. The molecule has 0 heterocycles. The van der Waals surface area contributed by atoms with Crippen LogP contribution in [0.4, 0.5) is 0 Å². The van der Waals surface area contributed by atoms with Crippen molar-refractivity contribution in [1.29, 1.82) is 0 Å². The Morgan fingerprint density at radius 1 is 1.70 bits per heavy atom. The smallest absolute Gasteiger partial charge is 0.0240 e. The van der Waals surface area contributed by atoms with Gasteiger partial charge in [-0.15, -0.1) is 0 Å². The van der Waals surface area contributed by atoms with Crippen LogP contribution < -0.4 is 5.48 Å². The van der Waals surface area contributed by atoms with Gasteiger partial charge in [0.1, 0.15) is 0 Å². The molecule has 0 fully saturated rings. The van der Waals surface area contributed by atoms with Gasteiger partial charge in [-0.1, -0.05) is 28.6 Å². The molecule has 0 atom stereocenters. The number of halogens is 1. The van der Waals surface area contributed by atoms with Crippen LogP contribution >= 0.6 is 15.9 Å². The first-order chi connectivity index (χ1) is 4.68. The quantitative estimate of drug-likeness (QED) is 0.546. The molecular weight excluding hydrogens is 194 g/mol. The van der Waals surface area contributed by atoms with Gasteiger partial charge in [-0.3, -0.25) is 10.7 Å². The summed E-state index contributed by atoms with van der Waals surface area (Å²) in [5.41, 5.74) is 2.91. The lowest BCUT2D eigenvalue weighted by Crippen LogP contribution is -1.91. The number of hydrogen-bond donors (Lipinski definition) is 2. The maximum atomic E-state index is 8.12. The highest BCUT2D eigenvalue weighted by atomic mass is 79.9. The molecule has 0 amide bonds. The zero-order valence-corrected chi connectivity index (χ0v) is 7.35. The number of allylic oxidation sites excluding steroid dienone is 4. The van der Waals surface area contributed by atoms with E-state index in [9.17, 15) is 0 Å². The minimum absolute atomic E-state index is 0.843. The Hall–Kier alpha value is -0.540. The highest BCUT2D eigenvalue weighted by molar-refractivity contribution is 9.11. The first-order valence-corrected chi connectivity index (χ1v) is 3.55. The molecule has 2 N–H and O–H groups in total. The summed E-state index contributed by atoms with van der Waals surface area (Å²) < 4.78 is 0.843. The van der Waals surface area contributed by atoms with Crippen LogP contribution in [0.25, 0.3) is 0 Å². The topological polar surface area (TPSA) is 32.3 Å². The Morgan fingerprint density at radius 2 is 2.30 bits per heavy atom. The molecule has 0 unspecified atom stereocenters. The maximum Gasteiger partial charge on any atom is 0.0240 e. The average Bonchev–Trinajstić information content (AvgIpc) is 1.88. The van der Waals surface area contributed by atoms with Crippen LogP contribution in [0.15, 0.2) is 35.0 Å². The van der Waals surface area contributed by atoms with E-state index in [0.29, 0.717) is 0 Å². The van der Waals surface area contributed by atoms with Crippen molar-refractivity contribution in [3.05, 3.63) is 35.0 Å². The van der Waals surface area contributed by atoms with Crippen LogP contribution in [0.1, 0.15) is 6.92 Å². The predicted molar refractivity (Wildman–Crippen MR) is 45.9 cm³/mol. The van der Waals surface area contributed by atoms with Gasteiger partial charge in [0, 0.05) is 10.7 Å². The second-order valence-electron chi connectivity index (χ2n) is 1.74. The molecule has 0 saturated heterocycles. The van der Waals surface area contributed by atoms with Gasteiger partial charge >= 0.3 is 0 Å². The molecule has 0 saturated carbocycles. The van der Waals surface area contributed by atoms with E-state index in [1.807, 2.05) is 18.5 Å². The molecule has 3 heteroatoms. The summed E-state index contributed by atoms with van der Waals surface area (Å²) in [7, 11) is 0. The molecule has 10 heavy (non-hydrogen) atoms. The van der Waals surface area contributed by atoms with Gasteiger partial charge in [0.2, 0.25) is 0 Å². The number of hydrogen-bond acceptors (Lipinski definition) is 2. The Bertz CT molecular complexity index is 172. The molecule has 0 aromatic carbocycles. The first kappa shape index (κ1) is 9.46. The highest BCUT2D eigenvalue weighted by Crippen LogP contribution is 2.12. The average molecular weight is 204 g/mol. The van der Waals surface area contributed by atoms with E-state index in [-0.39, 0.29) is 0 Å². The van der Waals surface area contributed by atoms with Crippen LogP contribution in [-0.4, -0.2) is 5.21 Å². The van der Waals surface area contributed by atoms with E-state index >= 15 is 0 Å². The van der Waals surface area contributed by atoms with Gasteiger partial charge in [0.25, 0.3) is 0 Å². The van der Waals surface area contributed by atoms with Crippen LogP contribution in [0.2, 0.25) is 0 Å². The van der Waals surface area contributed by atoms with Crippen molar-refractivity contribution in [1.82, 2.24) is 5.48 Å². The van der Waals surface area contributed by atoms with E-state index < -0.39 is 0 Å². The Morgan fingerprint density at radius 3 is 2.70 bits per heavy atom. The molecule has 56 valence electrons. The third-order valence-corrected chi connectivity index (χ3v) is 1.57. The summed E-state index contributed by atoms with van der Waals surface area (Å²) in [6.45, 7) is 5.58. The molecule has 0 aromatic heterocycles. The largest absolute Gasteiger partial charge is 0.292 e. The molecule has 0 aromatic rings. The third kappa shape index (κ3) is 4.35. The van der Waals surface area contributed by atoms with E-state index in [1.54, 1.807) is 6.08 Å². The van der Waals surface area contributed by atoms with Gasteiger partial charge in [0.05, 0.1) is 0 Å². The van der Waals surface area contributed by atoms with E-state index in [4.69, 9.17) is 5.21 Å². The molecule has 0 aliphatic heterocycles. The highest BCUT2D eigenvalue weighted by Gasteiger charge is 1.85. The fraction of sp³-hybridized carbons (Fsp3) is 0.143.